The quantitative estimate of drug-likeness (QED) is 0.232. The van der Waals surface area contributed by atoms with Crippen LogP contribution in [-0.4, -0.2) is 25.0 Å². The topological polar surface area (TPSA) is 103 Å². The van der Waals surface area contributed by atoms with E-state index < -0.39 is 11.4 Å². The van der Waals surface area contributed by atoms with Crippen LogP contribution in [0.1, 0.15) is 0 Å². The van der Waals surface area contributed by atoms with Crippen LogP contribution in [0.4, 0.5) is 0 Å². The van der Waals surface area contributed by atoms with Gasteiger partial charge in [0.25, 0.3) is 0 Å². The molecule has 0 aliphatic heterocycles. The average Bonchev–Trinajstić information content (AvgIpc) is 1.65. The number of rotatable bonds is 1. The third-order valence-electron chi connectivity index (χ3n) is 0.156. The summed E-state index contributed by atoms with van der Waals surface area (Å²) in [5.41, 5.74) is 4.58. The van der Waals surface area contributed by atoms with E-state index in [0.717, 1.165) is 0 Å². The molecule has 0 saturated carbocycles. The van der Waals surface area contributed by atoms with E-state index in [-0.39, 0.29) is 63.0 Å². The van der Waals surface area contributed by atoms with Gasteiger partial charge in [0.2, 0.25) is 5.91 Å². The maximum Gasteiger partial charge on any atom is 1.00 e. The van der Waals surface area contributed by atoms with Crippen molar-refractivity contribution in [1.29, 1.82) is 0 Å². The average molecular weight is 211 g/mol. The molecule has 0 bridgehead atoms. The molecule has 0 aromatic rings. The molecule has 8 heteroatoms. The van der Waals surface area contributed by atoms with Gasteiger partial charge in [0.05, 0.1) is 17.1 Å². The van der Waals surface area contributed by atoms with Gasteiger partial charge in [-0.15, -0.1) is 0 Å². The molecule has 0 aromatic carbocycles. The first-order valence-electron chi connectivity index (χ1n) is 1.68. The Hall–Kier alpha value is 1.53. The second-order valence-electron chi connectivity index (χ2n) is 0.842. The zero-order chi connectivity index (χ0) is 7.86. The van der Waals surface area contributed by atoms with Crippen molar-refractivity contribution in [3.8, 4) is 0 Å². The molecule has 0 heterocycles. The summed E-state index contributed by atoms with van der Waals surface area (Å²) >= 11 is 0.680. The van der Waals surface area contributed by atoms with Crippen molar-refractivity contribution >= 4 is 29.9 Å². The van der Waals surface area contributed by atoms with Crippen molar-refractivity contribution in [2.75, 3.05) is 5.75 Å². The van der Waals surface area contributed by atoms with Gasteiger partial charge in [-0.2, -0.15) is 12.6 Å². The molecule has 0 fully saturated rings. The molecule has 0 aliphatic rings. The molecule has 0 aromatic heterocycles. The summed E-state index contributed by atoms with van der Waals surface area (Å²) in [6.45, 7) is 0. The minimum Gasteiger partial charge on any atom is -0.750 e. The van der Waals surface area contributed by atoms with Gasteiger partial charge in [-0.1, -0.05) is 0 Å². The van der Waals surface area contributed by atoms with E-state index >= 15 is 0 Å². The predicted molar refractivity (Wildman–Crippen MR) is 34.6 cm³/mol. The third kappa shape index (κ3) is 55.7. The summed E-state index contributed by atoms with van der Waals surface area (Å²) in [5.74, 6) is -0.242. The maximum atomic E-state index is 9.51. The largest absolute Gasteiger partial charge is 1.00 e. The van der Waals surface area contributed by atoms with Gasteiger partial charge in [-0.05, 0) is 0 Å². The summed E-state index contributed by atoms with van der Waals surface area (Å²) in [7, 11) is 0. The minimum atomic E-state index is -2.86. The summed E-state index contributed by atoms with van der Waals surface area (Å²) in [5, 5.41) is 0. The summed E-state index contributed by atoms with van der Waals surface area (Å²) in [6, 6.07) is 0. The Labute approximate surface area is 109 Å². The van der Waals surface area contributed by atoms with E-state index in [9.17, 15) is 4.79 Å². The molecular formula is C2H6KNO4S2. The maximum absolute atomic E-state index is 9.51. The normalized spacial score (nSPS) is 9.90. The number of amides is 1. The van der Waals surface area contributed by atoms with Gasteiger partial charge < -0.3 is 14.8 Å². The Balaban J connectivity index is -0.0000000910. The van der Waals surface area contributed by atoms with E-state index in [0.29, 0.717) is 0 Å². The molecule has 3 N–H and O–H groups in total. The Bertz CT molecular complexity index is 105. The van der Waals surface area contributed by atoms with Crippen molar-refractivity contribution in [3.05, 3.63) is 0 Å². The fourth-order valence-electron chi connectivity index (χ4n) is 0. The van der Waals surface area contributed by atoms with E-state index in [1.54, 1.807) is 0 Å². The molecule has 1 amide bonds. The Morgan fingerprint density at radius 3 is 1.90 bits per heavy atom. The molecule has 0 radical (unpaired) electrons. The molecule has 1 atom stereocenters. The molecule has 0 aliphatic carbocycles. The zero-order valence-corrected chi connectivity index (χ0v) is 10.1. The zero-order valence-electron chi connectivity index (χ0n) is 5.31. The van der Waals surface area contributed by atoms with Crippen LogP contribution in [0, 0.1) is 0 Å². The standard InChI is InChI=1S/C2H5NOS.K.H2O3S/c3-2(4)1-5;;1-4(2)3/h5H,1H2,(H2,3,4);;(H2,1,2,3)/q;+1;/p-1. The number of carbonyl (C=O) groups is 1. The number of carbonyl (C=O) groups excluding carboxylic acids is 1. The van der Waals surface area contributed by atoms with E-state index in [1.807, 2.05) is 0 Å². The molecule has 56 valence electrons. The van der Waals surface area contributed by atoms with Crippen molar-refractivity contribution in [1.82, 2.24) is 0 Å². The fourth-order valence-corrected chi connectivity index (χ4v) is 0. The van der Waals surface area contributed by atoms with Gasteiger partial charge in [0, 0.05) is 0 Å². The van der Waals surface area contributed by atoms with E-state index in [1.165, 1.54) is 0 Å². The van der Waals surface area contributed by atoms with Crippen LogP contribution in [0.15, 0.2) is 0 Å². The van der Waals surface area contributed by atoms with Gasteiger partial charge in [-0.3, -0.25) is 4.79 Å². The first-order valence-corrected chi connectivity index (χ1v) is 3.34. The molecule has 1 unspecified atom stereocenters. The first-order chi connectivity index (χ1) is 4.00. The molecule has 0 spiro atoms. The van der Waals surface area contributed by atoms with Crippen molar-refractivity contribution < 1.29 is 69.5 Å². The van der Waals surface area contributed by atoms with Gasteiger partial charge in [0.15, 0.2) is 0 Å². The van der Waals surface area contributed by atoms with Gasteiger partial charge >= 0.3 is 51.4 Å². The van der Waals surface area contributed by atoms with Crippen LogP contribution < -0.4 is 57.1 Å². The number of primary amides is 1. The fraction of sp³-hybridized carbons (Fsp3) is 0.500. The van der Waals surface area contributed by atoms with Gasteiger partial charge in [-0.25, -0.2) is 4.21 Å². The van der Waals surface area contributed by atoms with Crippen LogP contribution in [-0.2, 0) is 16.2 Å². The Morgan fingerprint density at radius 1 is 1.80 bits per heavy atom. The number of nitrogens with two attached hydrogens (primary N) is 1. The van der Waals surface area contributed by atoms with Crippen LogP contribution in [0.2, 0.25) is 0 Å². The van der Waals surface area contributed by atoms with E-state index in [2.05, 4.69) is 18.4 Å². The molecule has 10 heavy (non-hydrogen) atoms. The van der Waals surface area contributed by atoms with Crippen LogP contribution in [0.5, 0.6) is 0 Å². The molecule has 5 nitrogen and oxygen atoms in total. The first kappa shape index (κ1) is 17.6. The van der Waals surface area contributed by atoms with Crippen molar-refractivity contribution in [3.63, 3.8) is 0 Å². The van der Waals surface area contributed by atoms with E-state index in [4.69, 9.17) is 13.3 Å². The number of thiol groups is 1. The summed E-state index contributed by atoms with van der Waals surface area (Å²) < 4.78 is 24.1. The van der Waals surface area contributed by atoms with Gasteiger partial charge in [0.1, 0.15) is 0 Å². The molecule has 0 saturated heterocycles. The minimum absolute atomic E-state index is 0. The number of hydrogen-bond acceptors (Lipinski definition) is 4. The molecule has 0 rings (SSSR count). The van der Waals surface area contributed by atoms with Crippen molar-refractivity contribution in [2.24, 2.45) is 5.73 Å². The van der Waals surface area contributed by atoms with Crippen molar-refractivity contribution in [2.45, 2.75) is 0 Å². The second kappa shape index (κ2) is 13.1. The summed E-state index contributed by atoms with van der Waals surface area (Å²) in [6.07, 6.45) is 0. The smallest absolute Gasteiger partial charge is 0.750 e. The predicted octanol–water partition coefficient (Wildman–Crippen LogP) is -4.26. The Kier molecular flexibility index (Phi) is 23.1. The monoisotopic (exact) mass is 211 g/mol. The second-order valence-corrected chi connectivity index (χ2v) is 1.59. The van der Waals surface area contributed by atoms with Crippen LogP contribution >= 0.6 is 12.6 Å². The third-order valence-corrected chi connectivity index (χ3v) is 0.468. The number of hydrogen-bond donors (Lipinski definition) is 3. The SMILES string of the molecule is NC(=O)CS.O=S([O-])O.[K+]. The van der Waals surface area contributed by atoms with Crippen LogP contribution in [0.25, 0.3) is 0 Å². The Morgan fingerprint density at radius 2 is 1.90 bits per heavy atom. The molecular weight excluding hydrogens is 205 g/mol. The van der Waals surface area contributed by atoms with Crippen LogP contribution in [0.3, 0.4) is 0 Å². The summed E-state index contributed by atoms with van der Waals surface area (Å²) in [4.78, 5) is 9.51.